The maximum absolute atomic E-state index is 8.98. The van der Waals surface area contributed by atoms with Crippen LogP contribution in [0, 0.1) is 0 Å². The molecule has 0 aliphatic carbocycles. The van der Waals surface area contributed by atoms with Crippen LogP contribution in [-0.2, 0) is 0 Å². The molecule has 2 nitrogen and oxygen atoms in total. The van der Waals surface area contributed by atoms with Gasteiger partial charge in [-0.3, -0.25) is 0 Å². The normalized spacial score (nSPS) is 25.6. The van der Waals surface area contributed by atoms with E-state index in [1.807, 2.05) is 13.0 Å². The van der Waals surface area contributed by atoms with Gasteiger partial charge in [-0.05, 0) is 6.92 Å². The van der Waals surface area contributed by atoms with Crippen molar-refractivity contribution in [3.05, 3.63) is 11.6 Å². The molecule has 1 heterocycles. The van der Waals surface area contributed by atoms with Crippen molar-refractivity contribution < 1.29 is 9.79 Å². The average Bonchev–Trinajstić information content (AvgIpc) is 1.82. The van der Waals surface area contributed by atoms with Gasteiger partial charge in [-0.1, -0.05) is 11.6 Å². The molecule has 0 saturated carbocycles. The molecular weight excluding hydrogens is 123 g/mol. The fourth-order valence-electron chi connectivity index (χ4n) is 0.831. The second-order valence-corrected chi connectivity index (χ2v) is 4.71. The molecule has 0 unspecified atom stereocenters. The molecule has 0 aromatic carbocycles. The van der Waals surface area contributed by atoms with Gasteiger partial charge in [0.1, 0.15) is 7.72 Å². The van der Waals surface area contributed by atoms with E-state index < -0.39 is 7.72 Å². The molecule has 0 fully saturated rings. The van der Waals surface area contributed by atoms with Crippen LogP contribution in [0.15, 0.2) is 11.6 Å². The predicted octanol–water partition coefficient (Wildman–Crippen LogP) is 0.778. The minimum Gasteiger partial charge on any atom is -0.355 e. The molecule has 1 aliphatic rings. The van der Waals surface area contributed by atoms with Crippen LogP contribution >= 0.6 is 7.72 Å². The third-order valence-corrected chi connectivity index (χ3v) is 3.01. The van der Waals surface area contributed by atoms with Crippen LogP contribution < -0.4 is 0 Å². The molecule has 0 saturated heterocycles. The Bertz CT molecular complexity index is 128. The molecule has 1 radical (unpaired) electrons. The Kier molecular flexibility index (Phi) is 1.40. The molecule has 1 rings (SSSR count). The molecule has 3 heteroatoms. The number of hydrogen-bond acceptors (Lipinski definition) is 2. The van der Waals surface area contributed by atoms with Gasteiger partial charge < -0.3 is 9.79 Å². The zero-order chi connectivity index (χ0) is 6.20. The molecule has 0 bridgehead atoms. The van der Waals surface area contributed by atoms with Crippen molar-refractivity contribution in [2.24, 2.45) is 0 Å². The summed E-state index contributed by atoms with van der Waals surface area (Å²) < 4.78 is 0. The van der Waals surface area contributed by atoms with Crippen LogP contribution in [-0.4, -0.2) is 22.1 Å². The molecule has 0 aromatic rings. The van der Waals surface area contributed by atoms with Crippen LogP contribution in [0.3, 0.4) is 0 Å². The lowest BCUT2D eigenvalue weighted by Gasteiger charge is -2.14. The van der Waals surface area contributed by atoms with E-state index in [1.54, 1.807) is 0 Å². The van der Waals surface area contributed by atoms with Crippen LogP contribution in [0.25, 0.3) is 0 Å². The Morgan fingerprint density at radius 2 is 2.25 bits per heavy atom. The molecule has 2 N–H and O–H groups in total. The minimum atomic E-state index is -2.44. The topological polar surface area (TPSA) is 40.5 Å². The average molecular weight is 133 g/mol. The van der Waals surface area contributed by atoms with Gasteiger partial charge in [0.15, 0.2) is 0 Å². The second kappa shape index (κ2) is 1.80. The number of hydrogen-bond donors (Lipinski definition) is 2. The Labute approximate surface area is 49.3 Å². The van der Waals surface area contributed by atoms with Crippen molar-refractivity contribution in [2.45, 2.75) is 6.92 Å². The van der Waals surface area contributed by atoms with Gasteiger partial charge in [0, 0.05) is 12.3 Å². The first-order chi connectivity index (χ1) is 3.60. The summed E-state index contributed by atoms with van der Waals surface area (Å²) in [6.07, 6.45) is 2.92. The Morgan fingerprint density at radius 1 is 1.62 bits per heavy atom. The van der Waals surface area contributed by atoms with Crippen LogP contribution in [0.4, 0.5) is 0 Å². The van der Waals surface area contributed by atoms with Crippen molar-refractivity contribution in [1.82, 2.24) is 0 Å². The largest absolute Gasteiger partial charge is 0.355 e. The van der Waals surface area contributed by atoms with E-state index in [0.717, 1.165) is 5.57 Å². The quantitative estimate of drug-likeness (QED) is 0.378. The Hall–Kier alpha value is 0.0900. The summed E-state index contributed by atoms with van der Waals surface area (Å²) in [5.41, 5.74) is 1.11. The Morgan fingerprint density at radius 3 is 2.38 bits per heavy atom. The summed E-state index contributed by atoms with van der Waals surface area (Å²) in [4.78, 5) is 18.0. The standard InChI is InChI=1S/C5H10O2P/c1-5-2-3-8(6,7)4-5/h2,6-7H,3-4H2,1H3. The van der Waals surface area contributed by atoms with Crippen LogP contribution in [0.5, 0.6) is 0 Å². The van der Waals surface area contributed by atoms with Gasteiger partial charge in [0.05, 0.1) is 0 Å². The fourth-order valence-corrected chi connectivity index (χ4v) is 2.49. The lowest BCUT2D eigenvalue weighted by atomic mass is 10.3. The lowest BCUT2D eigenvalue weighted by Crippen LogP contribution is -1.91. The Balaban J connectivity index is 2.55. The van der Waals surface area contributed by atoms with E-state index in [0.29, 0.717) is 12.3 Å². The van der Waals surface area contributed by atoms with E-state index in [4.69, 9.17) is 9.79 Å². The third-order valence-electron chi connectivity index (χ3n) is 1.23. The summed E-state index contributed by atoms with van der Waals surface area (Å²) >= 11 is 0. The second-order valence-electron chi connectivity index (χ2n) is 2.27. The van der Waals surface area contributed by atoms with Gasteiger partial charge in [0.2, 0.25) is 0 Å². The van der Waals surface area contributed by atoms with Gasteiger partial charge >= 0.3 is 0 Å². The first-order valence-corrected chi connectivity index (χ1v) is 4.65. The van der Waals surface area contributed by atoms with Crippen molar-refractivity contribution in [3.8, 4) is 0 Å². The van der Waals surface area contributed by atoms with E-state index >= 15 is 0 Å². The molecule has 47 valence electrons. The van der Waals surface area contributed by atoms with E-state index in [1.165, 1.54) is 0 Å². The molecule has 0 spiro atoms. The van der Waals surface area contributed by atoms with Crippen LogP contribution in [0.2, 0.25) is 0 Å². The van der Waals surface area contributed by atoms with Gasteiger partial charge in [-0.25, -0.2) is 0 Å². The molecule has 0 amide bonds. The smallest absolute Gasteiger partial charge is 0.103 e. The summed E-state index contributed by atoms with van der Waals surface area (Å²) in [7, 11) is -2.44. The highest BCUT2D eigenvalue weighted by molar-refractivity contribution is 7.65. The summed E-state index contributed by atoms with van der Waals surface area (Å²) in [6, 6.07) is 0. The highest BCUT2D eigenvalue weighted by atomic mass is 31.2. The van der Waals surface area contributed by atoms with Gasteiger partial charge in [-0.15, -0.1) is 0 Å². The van der Waals surface area contributed by atoms with E-state index in [9.17, 15) is 0 Å². The van der Waals surface area contributed by atoms with Crippen molar-refractivity contribution >= 4 is 7.72 Å². The minimum absolute atomic E-state index is 0.499. The number of rotatable bonds is 0. The van der Waals surface area contributed by atoms with Crippen molar-refractivity contribution in [1.29, 1.82) is 0 Å². The van der Waals surface area contributed by atoms with Gasteiger partial charge in [-0.2, -0.15) is 0 Å². The van der Waals surface area contributed by atoms with Gasteiger partial charge in [0.25, 0.3) is 0 Å². The van der Waals surface area contributed by atoms with Crippen LogP contribution in [0.1, 0.15) is 6.92 Å². The number of allylic oxidation sites excluding steroid dienone is 2. The van der Waals surface area contributed by atoms with E-state index in [2.05, 4.69) is 0 Å². The SMILES string of the molecule is CC1=CC[P](O)(O)C1. The maximum Gasteiger partial charge on any atom is 0.103 e. The zero-order valence-electron chi connectivity index (χ0n) is 4.83. The first-order valence-electron chi connectivity index (χ1n) is 2.58. The molecule has 1 aliphatic heterocycles. The highest BCUT2D eigenvalue weighted by Crippen LogP contribution is 2.54. The van der Waals surface area contributed by atoms with Crippen molar-refractivity contribution in [3.63, 3.8) is 0 Å². The predicted molar refractivity (Wildman–Crippen MR) is 34.8 cm³/mol. The fraction of sp³-hybridized carbons (Fsp3) is 0.600. The lowest BCUT2D eigenvalue weighted by molar-refractivity contribution is 0.459. The molecular formula is C5H10O2P. The summed E-state index contributed by atoms with van der Waals surface area (Å²) in [5, 5.41) is 0. The summed E-state index contributed by atoms with van der Waals surface area (Å²) in [6.45, 7) is 1.92. The van der Waals surface area contributed by atoms with Crippen molar-refractivity contribution in [2.75, 3.05) is 12.3 Å². The van der Waals surface area contributed by atoms with E-state index in [-0.39, 0.29) is 0 Å². The highest BCUT2D eigenvalue weighted by Gasteiger charge is 2.24. The first kappa shape index (κ1) is 6.21. The summed E-state index contributed by atoms with van der Waals surface area (Å²) in [5.74, 6) is 0. The molecule has 8 heavy (non-hydrogen) atoms. The molecule has 0 atom stereocenters. The molecule has 0 aromatic heterocycles. The maximum atomic E-state index is 8.98. The zero-order valence-corrected chi connectivity index (χ0v) is 5.73. The third kappa shape index (κ3) is 1.28. The monoisotopic (exact) mass is 133 g/mol.